The molecule has 19 heteroatoms. The van der Waals surface area contributed by atoms with Crippen molar-refractivity contribution in [2.75, 3.05) is 0 Å². The molecule has 18 nitrogen and oxygen atoms in total. The molecule has 9 aromatic rings. The van der Waals surface area contributed by atoms with Gasteiger partial charge in [-0.2, -0.15) is 0 Å². The summed E-state index contributed by atoms with van der Waals surface area (Å²) < 4.78 is 32.8. The molecule has 0 saturated heterocycles. The number of hydrogen-bond acceptors (Lipinski definition) is 15. The van der Waals surface area contributed by atoms with Crippen molar-refractivity contribution in [3.05, 3.63) is 143 Å². The van der Waals surface area contributed by atoms with Gasteiger partial charge in [0.2, 0.25) is 0 Å². The predicted octanol–water partition coefficient (Wildman–Crippen LogP) is 20.3. The van der Waals surface area contributed by atoms with E-state index < -0.39 is 35.3 Å². The smallest absolute Gasteiger partial charge is 0.428 e. The van der Waals surface area contributed by atoms with Gasteiger partial charge in [-0.3, -0.25) is 0 Å². The molecule has 3 aromatic heterocycles. The number of fused-ring (bicyclic) bond motifs is 3. The molecule has 0 aliphatic heterocycles. The summed E-state index contributed by atoms with van der Waals surface area (Å²) in [7, 11) is 0. The first kappa shape index (κ1) is 74.0. The van der Waals surface area contributed by atoms with Gasteiger partial charge < -0.3 is 28.4 Å². The number of ether oxygens (including phenoxy) is 6. The van der Waals surface area contributed by atoms with E-state index in [0.29, 0.717) is 50.4 Å². The van der Waals surface area contributed by atoms with E-state index in [-0.39, 0.29) is 32.5 Å². The Morgan fingerprint density at radius 1 is 0.347 bits per heavy atom. The second-order valence-electron chi connectivity index (χ2n) is 33.2. The summed E-state index contributed by atoms with van der Waals surface area (Å²) in [5, 5.41) is 28.2. The maximum atomic E-state index is 12.4. The van der Waals surface area contributed by atoms with Crippen LogP contribution in [0.3, 0.4) is 0 Å². The Hall–Kier alpha value is -8.38. The maximum absolute atomic E-state index is 12.4. The Morgan fingerprint density at radius 2 is 0.621 bits per heavy atom. The highest BCUT2D eigenvalue weighted by Crippen LogP contribution is 2.42. The van der Waals surface area contributed by atoms with Crippen molar-refractivity contribution >= 4 is 63.2 Å². The molecule has 0 aliphatic rings. The summed E-state index contributed by atoms with van der Waals surface area (Å²) in [5.41, 5.74) is 8.84. The summed E-state index contributed by atoms with van der Waals surface area (Å²) in [6.45, 7) is 51.6. The summed E-state index contributed by atoms with van der Waals surface area (Å²) in [4.78, 5) is 41.7. The molecular weight excluding hydrogens is 1220 g/mol. The van der Waals surface area contributed by atoms with Crippen molar-refractivity contribution in [2.24, 2.45) is 16.2 Å². The fourth-order valence-electron chi connectivity index (χ4n) is 12.0. The van der Waals surface area contributed by atoms with Gasteiger partial charge in [-0.05, 0) is 222 Å². The first-order valence-corrected chi connectivity index (χ1v) is 32.7. The number of rotatable bonds is 12. The summed E-state index contributed by atoms with van der Waals surface area (Å²) >= 11 is 6.12. The zero-order valence-corrected chi connectivity index (χ0v) is 61.4. The van der Waals surface area contributed by atoms with Crippen LogP contribution in [-0.2, 0) is 30.5 Å². The molecule has 0 spiro atoms. The van der Waals surface area contributed by atoms with Crippen molar-refractivity contribution in [2.45, 2.75) is 225 Å². The molecule has 510 valence electrons. The molecule has 0 amide bonds. The Balaban J connectivity index is 0.000000201. The third-order valence-corrected chi connectivity index (χ3v) is 14.9. The minimum absolute atomic E-state index is 0.0932. The van der Waals surface area contributed by atoms with E-state index in [2.05, 4.69) is 134 Å². The average Bonchev–Trinajstić information content (AvgIpc) is 1.77. The maximum Gasteiger partial charge on any atom is 0.514 e. The minimum atomic E-state index is -0.778. The fourth-order valence-corrected chi connectivity index (χ4v) is 12.2. The van der Waals surface area contributed by atoms with E-state index in [1.54, 1.807) is 97.4 Å². The molecule has 0 aliphatic carbocycles. The quantitative estimate of drug-likeness (QED) is 0.0635. The predicted molar refractivity (Wildman–Crippen MR) is 378 cm³/mol. The van der Waals surface area contributed by atoms with Crippen LogP contribution in [-0.4, -0.2) is 80.3 Å². The van der Waals surface area contributed by atoms with Crippen LogP contribution < -0.4 is 14.2 Å². The molecule has 3 heterocycles. The van der Waals surface area contributed by atoms with E-state index in [1.807, 2.05) is 91.9 Å². The Labute approximate surface area is 566 Å². The number of halogens is 1. The molecule has 0 unspecified atom stereocenters. The van der Waals surface area contributed by atoms with Crippen LogP contribution >= 0.6 is 11.6 Å². The number of aryl methyl sites for hydroxylation is 1. The number of nitrogens with zero attached hydrogens (tertiary/aromatic N) is 9. The van der Waals surface area contributed by atoms with Gasteiger partial charge in [0.25, 0.3) is 0 Å². The lowest BCUT2D eigenvalue weighted by Gasteiger charge is -2.33. The number of aromatic nitrogens is 9. The fraction of sp³-hybridized carbons (Fsp3) is 0.487. The summed E-state index contributed by atoms with van der Waals surface area (Å²) in [6, 6.07) is 36.3. The van der Waals surface area contributed by atoms with Gasteiger partial charge in [0.05, 0.1) is 0 Å². The van der Waals surface area contributed by atoms with Crippen LogP contribution in [0.15, 0.2) is 115 Å². The second kappa shape index (κ2) is 27.8. The lowest BCUT2D eigenvalue weighted by Crippen LogP contribution is -2.27. The van der Waals surface area contributed by atoms with Crippen molar-refractivity contribution in [1.29, 1.82) is 0 Å². The molecule has 0 bridgehead atoms. The van der Waals surface area contributed by atoms with Crippen molar-refractivity contribution < 1.29 is 42.8 Å². The zero-order chi connectivity index (χ0) is 70.8. The third-order valence-electron chi connectivity index (χ3n) is 14.7. The summed E-state index contributed by atoms with van der Waals surface area (Å²) in [5.74, 6) is 1.03. The number of carbonyl (C=O) groups excluding carboxylic acids is 3. The summed E-state index contributed by atoms with van der Waals surface area (Å²) in [6.07, 6.45) is 0.649. The van der Waals surface area contributed by atoms with Crippen LogP contribution in [0.4, 0.5) is 14.4 Å². The van der Waals surface area contributed by atoms with E-state index >= 15 is 0 Å². The molecule has 0 N–H and O–H groups in total. The van der Waals surface area contributed by atoms with Crippen LogP contribution in [0.1, 0.15) is 208 Å². The lowest BCUT2D eigenvalue weighted by molar-refractivity contribution is 0.0192. The monoisotopic (exact) mass is 1320 g/mol. The van der Waals surface area contributed by atoms with E-state index in [0.717, 1.165) is 63.6 Å². The van der Waals surface area contributed by atoms with Crippen molar-refractivity contribution in [3.63, 3.8) is 0 Å². The van der Waals surface area contributed by atoms with Gasteiger partial charge in [-0.1, -0.05) is 152 Å². The molecule has 0 radical (unpaired) electrons. The number of benzene rings is 6. The van der Waals surface area contributed by atoms with Gasteiger partial charge in [-0.15, -0.1) is 45.0 Å². The molecule has 9 rings (SSSR count). The molecule has 95 heavy (non-hydrogen) atoms. The van der Waals surface area contributed by atoms with Crippen LogP contribution in [0.5, 0.6) is 17.2 Å². The molecule has 0 atom stereocenters. The standard InChI is InChI=1S/C26H35N3O3.C25H32ClN3O3.C25H33N3O3/c1-17-10-12-19-20(14-17)28-29(27-19)21-15-18(26(8,9)16-24(2,3)4)11-13-22(21)31-23(30)32-25(5,6)7;1-23(2,3)15-25(7,8)16-9-12-21(31-22(30)32-24(4,5)6)20(13-16)29-27-18-11-10-17(26)14-19(18)28-29;1-23(2,3)16-25(7,8)17-13-14-21(30-22(29)31-24(4,5)6)20(15-17)28-26-18-11-9-10-12-19(18)27-28/h10-15H,16H2,1-9H3;9-14H,15H2,1-8H3;9-15H,16H2,1-8H3. The first-order chi connectivity index (χ1) is 43.5. The van der Waals surface area contributed by atoms with E-state index in [9.17, 15) is 14.4 Å². The SMILES string of the molecule is CC(C)(C)CC(C)(C)c1ccc(OC(=O)OC(C)(C)C)c(-n2nc3ccc(Cl)cc3n2)c1.CC(C)(C)CC(C)(C)c1ccc(OC(=O)OC(C)(C)C)c(-n2nc3ccccc3n2)c1.Cc1ccc2nn(-c3cc(C(C)(C)CC(C)(C)C)ccc3OC(=O)OC(C)(C)C)nc2c1. The van der Waals surface area contributed by atoms with Crippen LogP contribution in [0.2, 0.25) is 5.02 Å². The molecule has 0 saturated carbocycles. The Bertz CT molecular complexity index is 3990. The van der Waals surface area contributed by atoms with Gasteiger partial charge in [0, 0.05) is 5.02 Å². The van der Waals surface area contributed by atoms with Crippen molar-refractivity contribution in [1.82, 2.24) is 45.0 Å². The normalized spacial score (nSPS) is 12.8. The average molecular weight is 1320 g/mol. The van der Waals surface area contributed by atoms with Gasteiger partial charge in [0.1, 0.15) is 67.0 Å². The van der Waals surface area contributed by atoms with Gasteiger partial charge in [-0.25, -0.2) is 14.4 Å². The highest BCUT2D eigenvalue weighted by Gasteiger charge is 2.33. The second-order valence-corrected chi connectivity index (χ2v) is 33.6. The molecule has 0 fully saturated rings. The topological polar surface area (TPSA) is 199 Å². The molecular formula is C76H100ClN9O9. The van der Waals surface area contributed by atoms with Gasteiger partial charge >= 0.3 is 18.5 Å². The van der Waals surface area contributed by atoms with E-state index in [1.165, 1.54) is 9.59 Å². The minimum Gasteiger partial charge on any atom is -0.428 e. The largest absolute Gasteiger partial charge is 0.514 e. The Morgan fingerprint density at radius 3 is 0.916 bits per heavy atom. The van der Waals surface area contributed by atoms with E-state index in [4.69, 9.17) is 40.0 Å². The lowest BCUT2D eigenvalue weighted by atomic mass is 9.72. The Kier molecular flexibility index (Phi) is 21.6. The number of carbonyl (C=O) groups is 3. The van der Waals surface area contributed by atoms with Crippen molar-refractivity contribution in [3.8, 4) is 34.3 Å². The van der Waals surface area contributed by atoms with Crippen LogP contribution in [0.25, 0.3) is 50.2 Å². The molecule has 6 aromatic carbocycles. The zero-order valence-electron chi connectivity index (χ0n) is 60.7. The first-order valence-electron chi connectivity index (χ1n) is 32.4. The third kappa shape index (κ3) is 21.6. The highest BCUT2D eigenvalue weighted by atomic mass is 35.5. The van der Waals surface area contributed by atoms with Gasteiger partial charge in [0.15, 0.2) is 17.2 Å². The number of hydrogen-bond donors (Lipinski definition) is 0. The highest BCUT2D eigenvalue weighted by molar-refractivity contribution is 6.31. The van der Waals surface area contributed by atoms with Crippen LogP contribution in [0, 0.1) is 23.2 Å².